The largest absolute Gasteiger partial charge is 0.481 e. The van der Waals surface area contributed by atoms with Crippen LogP contribution in [0.4, 0.5) is 16.2 Å². The number of Topliss-reactive ketones (excluding diaryl/α,β-unsaturated/α-hetero) is 1. The normalized spacial score (nSPS) is 14.3. The first-order valence-electron chi connectivity index (χ1n) is 11.9. The fourth-order valence-corrected chi connectivity index (χ4v) is 4.63. The molecule has 6 heteroatoms. The van der Waals surface area contributed by atoms with Crippen molar-refractivity contribution in [3.8, 4) is 11.1 Å². The minimum atomic E-state index is -0.914. The number of anilines is 2. The molecule has 0 saturated heterocycles. The van der Waals surface area contributed by atoms with Gasteiger partial charge in [-0.1, -0.05) is 55.3 Å². The van der Waals surface area contributed by atoms with Gasteiger partial charge in [0, 0.05) is 23.4 Å². The molecular weight excluding hydrogens is 440 g/mol. The highest BCUT2D eigenvalue weighted by atomic mass is 16.4. The third kappa shape index (κ3) is 5.60. The molecule has 0 spiro atoms. The average molecular weight is 471 g/mol. The molecule has 1 saturated carbocycles. The molecule has 0 aromatic heterocycles. The van der Waals surface area contributed by atoms with Gasteiger partial charge in [0.1, 0.15) is 0 Å². The molecule has 0 unspecified atom stereocenters. The molecule has 3 aromatic rings. The van der Waals surface area contributed by atoms with Crippen molar-refractivity contribution >= 4 is 29.2 Å². The van der Waals surface area contributed by atoms with Crippen molar-refractivity contribution in [2.24, 2.45) is 5.41 Å². The Morgan fingerprint density at radius 2 is 1.31 bits per heavy atom. The zero-order chi connectivity index (χ0) is 25.0. The number of carboxylic acids is 1. The van der Waals surface area contributed by atoms with Gasteiger partial charge in [-0.25, -0.2) is 4.79 Å². The number of carbonyl (C=O) groups is 3. The molecule has 1 aliphatic rings. The van der Waals surface area contributed by atoms with Gasteiger partial charge in [0.25, 0.3) is 0 Å². The number of aryl methyl sites for hydroxylation is 2. The Balaban J connectivity index is 1.37. The maximum atomic E-state index is 12.8. The van der Waals surface area contributed by atoms with E-state index in [-0.39, 0.29) is 18.2 Å². The minimum absolute atomic E-state index is 0.0479. The molecule has 2 amide bonds. The topological polar surface area (TPSA) is 95.5 Å². The van der Waals surface area contributed by atoms with E-state index in [2.05, 4.69) is 10.6 Å². The second-order valence-corrected chi connectivity index (χ2v) is 9.43. The second-order valence-electron chi connectivity index (χ2n) is 9.43. The van der Waals surface area contributed by atoms with Crippen molar-refractivity contribution in [1.82, 2.24) is 0 Å². The molecule has 0 heterocycles. The number of carboxylic acid groups (broad SMARTS) is 1. The molecule has 0 atom stereocenters. The quantitative estimate of drug-likeness (QED) is 0.330. The lowest BCUT2D eigenvalue weighted by atomic mass is 9.80. The van der Waals surface area contributed by atoms with E-state index in [1.807, 2.05) is 68.4 Å². The molecule has 3 aromatic carbocycles. The zero-order valence-corrected chi connectivity index (χ0v) is 20.1. The van der Waals surface area contributed by atoms with Crippen LogP contribution in [-0.2, 0) is 4.79 Å². The van der Waals surface area contributed by atoms with Gasteiger partial charge in [0.15, 0.2) is 5.78 Å². The molecule has 0 radical (unpaired) electrons. The Morgan fingerprint density at radius 3 is 1.89 bits per heavy atom. The van der Waals surface area contributed by atoms with Crippen LogP contribution in [0.5, 0.6) is 0 Å². The number of hydrogen-bond acceptors (Lipinski definition) is 3. The minimum Gasteiger partial charge on any atom is -0.481 e. The number of carbonyl (C=O) groups excluding carboxylic acids is 2. The van der Waals surface area contributed by atoms with Gasteiger partial charge in [0.2, 0.25) is 0 Å². The molecule has 6 nitrogen and oxygen atoms in total. The lowest BCUT2D eigenvalue weighted by Crippen LogP contribution is -2.30. The van der Waals surface area contributed by atoms with Gasteiger partial charge >= 0.3 is 12.0 Å². The van der Waals surface area contributed by atoms with Gasteiger partial charge in [0.05, 0.1) is 5.41 Å². The molecule has 0 bridgehead atoms. The number of ketones is 1. The summed E-state index contributed by atoms with van der Waals surface area (Å²) in [6.45, 7) is 4.03. The van der Waals surface area contributed by atoms with E-state index in [1.54, 1.807) is 12.1 Å². The van der Waals surface area contributed by atoms with Gasteiger partial charge in [-0.2, -0.15) is 0 Å². The van der Waals surface area contributed by atoms with Gasteiger partial charge in [-0.3, -0.25) is 9.59 Å². The van der Waals surface area contributed by atoms with Crippen molar-refractivity contribution in [1.29, 1.82) is 0 Å². The van der Waals surface area contributed by atoms with Crippen LogP contribution < -0.4 is 10.6 Å². The van der Waals surface area contributed by atoms with E-state index < -0.39 is 11.4 Å². The predicted octanol–water partition coefficient (Wildman–Crippen LogP) is 6.83. The fourth-order valence-electron chi connectivity index (χ4n) is 4.63. The van der Waals surface area contributed by atoms with Crippen molar-refractivity contribution in [3.63, 3.8) is 0 Å². The highest BCUT2D eigenvalue weighted by molar-refractivity contribution is 6.00. The number of aliphatic carboxylic acids is 1. The first kappa shape index (κ1) is 24.2. The highest BCUT2D eigenvalue weighted by Crippen LogP contribution is 2.42. The molecule has 0 aliphatic heterocycles. The highest BCUT2D eigenvalue weighted by Gasteiger charge is 2.42. The third-order valence-electron chi connectivity index (χ3n) is 6.96. The van der Waals surface area contributed by atoms with Crippen LogP contribution in [0.1, 0.15) is 53.6 Å². The summed E-state index contributed by atoms with van der Waals surface area (Å²) < 4.78 is 0. The van der Waals surface area contributed by atoms with Crippen molar-refractivity contribution in [3.05, 3.63) is 83.4 Å². The Hall–Kier alpha value is -3.93. The Labute approximate surface area is 205 Å². The SMILES string of the molecule is Cc1ccc(NC(=O)Nc2ccc(-c3ccc(C(=O)CC4(C(=O)O)CCCC4)cc3)cc2)cc1C. The number of hydrogen-bond donors (Lipinski definition) is 3. The number of urea groups is 1. The van der Waals surface area contributed by atoms with Crippen LogP contribution >= 0.6 is 0 Å². The first-order chi connectivity index (χ1) is 16.8. The zero-order valence-electron chi connectivity index (χ0n) is 20.1. The molecule has 1 fully saturated rings. The van der Waals surface area contributed by atoms with Crippen LogP contribution in [0.15, 0.2) is 66.7 Å². The number of rotatable bonds is 7. The van der Waals surface area contributed by atoms with E-state index in [0.717, 1.165) is 35.2 Å². The van der Waals surface area contributed by atoms with Crippen molar-refractivity contribution in [2.45, 2.75) is 46.0 Å². The summed E-state index contributed by atoms with van der Waals surface area (Å²) in [6, 6.07) is 20.2. The first-order valence-corrected chi connectivity index (χ1v) is 11.9. The molecule has 180 valence electrons. The molecule has 1 aliphatic carbocycles. The summed E-state index contributed by atoms with van der Waals surface area (Å²) >= 11 is 0. The van der Waals surface area contributed by atoms with E-state index in [9.17, 15) is 19.5 Å². The summed E-state index contributed by atoms with van der Waals surface area (Å²) in [5.74, 6) is -0.994. The second kappa shape index (κ2) is 10.1. The van der Waals surface area contributed by atoms with Gasteiger partial charge in [-0.05, 0) is 73.2 Å². The van der Waals surface area contributed by atoms with Crippen LogP contribution in [-0.4, -0.2) is 22.9 Å². The summed E-state index contributed by atoms with van der Waals surface area (Å²) in [5, 5.41) is 15.3. The summed E-state index contributed by atoms with van der Waals surface area (Å²) in [6.07, 6.45) is 2.89. The molecule has 3 N–H and O–H groups in total. The monoisotopic (exact) mass is 470 g/mol. The predicted molar refractivity (Wildman–Crippen MR) is 138 cm³/mol. The molecular formula is C29H30N2O4. The number of nitrogens with one attached hydrogen (secondary N) is 2. The van der Waals surface area contributed by atoms with Crippen molar-refractivity contribution in [2.75, 3.05) is 10.6 Å². The third-order valence-corrected chi connectivity index (χ3v) is 6.96. The maximum Gasteiger partial charge on any atom is 0.323 e. The van der Waals surface area contributed by atoms with E-state index in [0.29, 0.717) is 24.1 Å². The van der Waals surface area contributed by atoms with E-state index in [4.69, 9.17) is 0 Å². The fraction of sp³-hybridized carbons (Fsp3) is 0.276. The van der Waals surface area contributed by atoms with Crippen LogP contribution in [0, 0.1) is 19.3 Å². The van der Waals surface area contributed by atoms with Gasteiger partial charge < -0.3 is 15.7 Å². The molecule has 4 rings (SSSR count). The summed E-state index contributed by atoms with van der Waals surface area (Å²) in [7, 11) is 0. The van der Waals surface area contributed by atoms with Crippen molar-refractivity contribution < 1.29 is 19.5 Å². The Kier molecular flexibility index (Phi) is 7.01. The van der Waals surface area contributed by atoms with Crippen LogP contribution in [0.2, 0.25) is 0 Å². The lowest BCUT2D eigenvalue weighted by Gasteiger charge is -2.22. The average Bonchev–Trinajstić information content (AvgIpc) is 3.32. The van der Waals surface area contributed by atoms with Gasteiger partial charge in [-0.15, -0.1) is 0 Å². The van der Waals surface area contributed by atoms with E-state index >= 15 is 0 Å². The maximum absolute atomic E-state index is 12.8. The lowest BCUT2D eigenvalue weighted by molar-refractivity contribution is -0.148. The summed E-state index contributed by atoms with van der Waals surface area (Å²) in [4.78, 5) is 36.9. The smallest absolute Gasteiger partial charge is 0.323 e. The number of amides is 2. The Bertz CT molecular complexity index is 1240. The van der Waals surface area contributed by atoms with Crippen LogP contribution in [0.3, 0.4) is 0 Å². The Morgan fingerprint density at radius 1 is 0.771 bits per heavy atom. The van der Waals surface area contributed by atoms with Crippen LogP contribution in [0.25, 0.3) is 11.1 Å². The standard InChI is InChI=1S/C29H30N2O4/c1-19-5-12-25(17-20(19)2)31-28(35)30-24-13-10-22(11-14-24)21-6-8-23(9-7-21)26(32)18-29(27(33)34)15-3-4-16-29/h5-14,17H,3-4,15-16,18H2,1-2H3,(H,33,34)(H2,30,31,35). The van der Waals surface area contributed by atoms with E-state index in [1.165, 1.54) is 5.56 Å². The summed E-state index contributed by atoms with van der Waals surface area (Å²) in [5.41, 5.74) is 5.17. The number of benzene rings is 3. The molecule has 35 heavy (non-hydrogen) atoms.